The van der Waals surface area contributed by atoms with Gasteiger partial charge in [0.25, 0.3) is 0 Å². The van der Waals surface area contributed by atoms with Crippen LogP contribution < -0.4 is 5.11 Å². The molecule has 0 amide bonds. The largest absolute Gasteiger partial charge is 2.00 e. The van der Waals surface area contributed by atoms with E-state index in [-0.39, 0.29) is 22.8 Å². The van der Waals surface area contributed by atoms with E-state index in [0.717, 1.165) is 11.1 Å². The van der Waals surface area contributed by atoms with E-state index in [2.05, 4.69) is 4.98 Å². The molecule has 1 aromatic heterocycles. The molecule has 1 aromatic carbocycles. The molecule has 0 spiro atoms. The topological polar surface area (TPSA) is 36.0 Å². The summed E-state index contributed by atoms with van der Waals surface area (Å²) in [7, 11) is 0. The van der Waals surface area contributed by atoms with Gasteiger partial charge in [0.15, 0.2) is 0 Å². The summed E-state index contributed by atoms with van der Waals surface area (Å²) >= 11 is 0. The number of pyridine rings is 1. The third kappa shape index (κ3) is 6.17. The van der Waals surface area contributed by atoms with E-state index in [1.165, 1.54) is 0 Å². The van der Waals surface area contributed by atoms with Crippen LogP contribution in [0, 0.1) is 0 Å². The Balaban J connectivity index is 0.000000313. The van der Waals surface area contributed by atoms with Crippen LogP contribution >= 0.6 is 0 Å². The molecular formula is C18H15FeNO. The standard InChI is InChI=1S/C13H11NO.C5H5.Fe/c15-13(12-5-1-2-6-12)8-7-11-4-3-9-14-10-11;1-2-4-5-3-1;/h1-10,15H;1-5H;/q;-1;+2/p-1. The molecule has 0 bridgehead atoms. The summed E-state index contributed by atoms with van der Waals surface area (Å²) in [5.41, 5.74) is 1.65. The van der Waals surface area contributed by atoms with Gasteiger partial charge in [-0.25, -0.2) is 12.1 Å². The van der Waals surface area contributed by atoms with Gasteiger partial charge in [0.2, 0.25) is 0 Å². The minimum absolute atomic E-state index is 0. The van der Waals surface area contributed by atoms with Crippen molar-refractivity contribution >= 4 is 6.08 Å². The Hall–Kier alpha value is -2.22. The molecule has 0 saturated carbocycles. The van der Waals surface area contributed by atoms with Crippen molar-refractivity contribution in [2.45, 2.75) is 0 Å². The molecule has 21 heavy (non-hydrogen) atoms. The summed E-state index contributed by atoms with van der Waals surface area (Å²) < 4.78 is 0. The van der Waals surface area contributed by atoms with Crippen LogP contribution in [0.25, 0.3) is 6.08 Å². The summed E-state index contributed by atoms with van der Waals surface area (Å²) in [4.78, 5) is 3.96. The van der Waals surface area contributed by atoms with Crippen LogP contribution in [0.2, 0.25) is 0 Å². The zero-order valence-electron chi connectivity index (χ0n) is 11.4. The predicted molar refractivity (Wildman–Crippen MR) is 80.6 cm³/mol. The second-order valence-corrected chi connectivity index (χ2v) is 4.12. The van der Waals surface area contributed by atoms with E-state index in [1.807, 2.05) is 54.6 Å². The molecule has 2 aromatic rings. The molecule has 1 aliphatic rings. The van der Waals surface area contributed by atoms with Crippen LogP contribution in [0.3, 0.4) is 0 Å². The normalized spacial score (nSPS) is 11.9. The zero-order valence-corrected chi connectivity index (χ0v) is 12.5. The predicted octanol–water partition coefficient (Wildman–Crippen LogP) is 3.24. The average Bonchev–Trinajstić information content (AvgIpc) is 3.20. The fourth-order valence-corrected chi connectivity index (χ4v) is 1.60. The molecule has 0 N–H and O–H groups in total. The van der Waals surface area contributed by atoms with Crippen molar-refractivity contribution in [1.82, 2.24) is 4.98 Å². The Morgan fingerprint density at radius 3 is 2.33 bits per heavy atom. The summed E-state index contributed by atoms with van der Waals surface area (Å²) in [6, 6.07) is 13.7. The third-order valence-electron chi connectivity index (χ3n) is 2.61. The van der Waals surface area contributed by atoms with Crippen LogP contribution in [0.4, 0.5) is 0 Å². The number of hydrogen-bond acceptors (Lipinski definition) is 2. The van der Waals surface area contributed by atoms with Crippen molar-refractivity contribution in [2.24, 2.45) is 0 Å². The molecule has 0 unspecified atom stereocenters. The van der Waals surface area contributed by atoms with Crippen molar-refractivity contribution in [3.8, 4) is 0 Å². The minimum Gasteiger partial charge on any atom is -0.872 e. The van der Waals surface area contributed by atoms with Gasteiger partial charge < -0.3 is 5.11 Å². The molecule has 106 valence electrons. The maximum Gasteiger partial charge on any atom is 2.00 e. The van der Waals surface area contributed by atoms with Crippen LogP contribution in [0.15, 0.2) is 96.6 Å². The maximum absolute atomic E-state index is 11.6. The smallest absolute Gasteiger partial charge is 0.872 e. The zero-order chi connectivity index (χ0) is 14.0. The van der Waals surface area contributed by atoms with Crippen molar-refractivity contribution in [3.63, 3.8) is 0 Å². The van der Waals surface area contributed by atoms with Crippen LogP contribution in [0.5, 0.6) is 0 Å². The van der Waals surface area contributed by atoms with Crippen LogP contribution in [0.1, 0.15) is 5.56 Å². The Kier molecular flexibility index (Phi) is 7.73. The van der Waals surface area contributed by atoms with Crippen molar-refractivity contribution in [3.05, 3.63) is 102 Å². The first-order chi connectivity index (χ1) is 9.86. The number of allylic oxidation sites excluding steroid dienone is 6. The van der Waals surface area contributed by atoms with Gasteiger partial charge in [0, 0.05) is 12.4 Å². The second kappa shape index (κ2) is 9.65. The van der Waals surface area contributed by atoms with Crippen LogP contribution in [-0.4, -0.2) is 4.98 Å². The van der Waals surface area contributed by atoms with Gasteiger partial charge in [0.1, 0.15) is 0 Å². The quantitative estimate of drug-likeness (QED) is 0.484. The first-order valence-corrected chi connectivity index (χ1v) is 6.37. The van der Waals surface area contributed by atoms with E-state index >= 15 is 0 Å². The van der Waals surface area contributed by atoms with Gasteiger partial charge in [-0.05, 0) is 17.2 Å². The fraction of sp³-hybridized carbons (Fsp3) is 0. The van der Waals surface area contributed by atoms with Crippen LogP contribution in [-0.2, 0) is 17.1 Å². The summed E-state index contributed by atoms with van der Waals surface area (Å²) in [6.07, 6.45) is 14.1. The van der Waals surface area contributed by atoms with Gasteiger partial charge in [-0.3, -0.25) is 4.98 Å². The molecule has 0 fully saturated rings. The van der Waals surface area contributed by atoms with Crippen molar-refractivity contribution in [1.29, 1.82) is 0 Å². The second-order valence-electron chi connectivity index (χ2n) is 4.12. The molecule has 2 nitrogen and oxygen atoms in total. The van der Waals surface area contributed by atoms with E-state index in [4.69, 9.17) is 0 Å². The van der Waals surface area contributed by atoms with Gasteiger partial charge in [-0.2, -0.15) is 18.2 Å². The first-order valence-electron chi connectivity index (χ1n) is 6.37. The van der Waals surface area contributed by atoms with Crippen molar-refractivity contribution in [2.75, 3.05) is 0 Å². The number of rotatable bonds is 2. The summed E-state index contributed by atoms with van der Waals surface area (Å²) in [5.74, 6) is 0.0175. The SMILES string of the molecule is [Fe+2].[O-]C(C=Cc1cccnc1)=C1C=CC=C1.c1cc[cH-]c1. The molecule has 0 saturated heterocycles. The summed E-state index contributed by atoms with van der Waals surface area (Å²) in [5, 5.41) is 11.6. The molecule has 3 rings (SSSR count). The van der Waals surface area contributed by atoms with Gasteiger partial charge in [-0.1, -0.05) is 42.5 Å². The average molecular weight is 317 g/mol. The Morgan fingerprint density at radius 2 is 1.81 bits per heavy atom. The third-order valence-corrected chi connectivity index (χ3v) is 2.61. The molecule has 0 atom stereocenters. The van der Waals surface area contributed by atoms with Gasteiger partial charge in [-0.15, -0.1) is 5.76 Å². The first kappa shape index (κ1) is 16.8. The molecule has 1 aliphatic carbocycles. The monoisotopic (exact) mass is 317 g/mol. The molecule has 3 heteroatoms. The fourth-order valence-electron chi connectivity index (χ4n) is 1.60. The van der Waals surface area contributed by atoms with Gasteiger partial charge in [0.05, 0.1) is 0 Å². The van der Waals surface area contributed by atoms with E-state index < -0.39 is 0 Å². The van der Waals surface area contributed by atoms with Gasteiger partial charge >= 0.3 is 17.1 Å². The minimum atomic E-state index is 0. The summed E-state index contributed by atoms with van der Waals surface area (Å²) in [6.45, 7) is 0. The molecule has 1 heterocycles. The van der Waals surface area contributed by atoms with E-state index in [1.54, 1.807) is 36.7 Å². The number of hydrogen-bond donors (Lipinski definition) is 0. The van der Waals surface area contributed by atoms with E-state index in [0.29, 0.717) is 0 Å². The van der Waals surface area contributed by atoms with Crippen molar-refractivity contribution < 1.29 is 22.2 Å². The molecule has 0 radical (unpaired) electrons. The van der Waals surface area contributed by atoms with E-state index in [9.17, 15) is 5.11 Å². The molecule has 0 aliphatic heterocycles. The Morgan fingerprint density at radius 1 is 1.10 bits per heavy atom. The maximum atomic E-state index is 11.6. The number of nitrogens with zero attached hydrogens (tertiary/aromatic N) is 1. The molecular weight excluding hydrogens is 302 g/mol. The number of aromatic nitrogens is 1. The Labute approximate surface area is 135 Å². The Bertz CT molecular complexity index is 591.